The molecule has 4 aromatic rings. The molecule has 3 fully saturated rings. The summed E-state index contributed by atoms with van der Waals surface area (Å²) in [6.07, 6.45) is 0.651. The van der Waals surface area contributed by atoms with Gasteiger partial charge in [0, 0.05) is 16.9 Å². The molecule has 4 amide bonds. The zero-order valence-electron chi connectivity index (χ0n) is 26.7. The van der Waals surface area contributed by atoms with Crippen LogP contribution in [-0.2, 0) is 19.2 Å². The van der Waals surface area contributed by atoms with Crippen molar-refractivity contribution in [3.8, 4) is 5.75 Å². The summed E-state index contributed by atoms with van der Waals surface area (Å²) in [6.45, 7) is 0. The van der Waals surface area contributed by atoms with Gasteiger partial charge >= 0.3 is 7.12 Å². The second kappa shape index (κ2) is 11.8. The lowest BCUT2D eigenvalue weighted by molar-refractivity contribution is -0.125. The number of hydrogen-bond donors (Lipinski definition) is 3. The second-order valence-corrected chi connectivity index (χ2v) is 14.6. The Kier molecular flexibility index (Phi) is 7.87. The molecule has 8 rings (SSSR count). The Balaban J connectivity index is 1.34. The number of fused-ring (bicyclic) bond motifs is 5. The molecule has 4 aromatic carbocycles. The van der Waals surface area contributed by atoms with Gasteiger partial charge in [0.2, 0.25) is 17.6 Å². The minimum atomic E-state index is -2.81. The summed E-state index contributed by atoms with van der Waals surface area (Å²) in [5.74, 6) is -22.9. The molecule has 6 unspecified atom stereocenters. The zero-order valence-corrected chi connectivity index (χ0v) is 28.2. The van der Waals surface area contributed by atoms with E-state index in [-0.39, 0.29) is 39.0 Å². The molecule has 4 aliphatic rings. The molecule has 2 aliphatic carbocycles. The van der Waals surface area contributed by atoms with Crippen LogP contribution in [0.25, 0.3) is 10.8 Å². The number of rotatable bonds is 4. The molecule has 0 spiro atoms. The van der Waals surface area contributed by atoms with E-state index >= 15 is 8.78 Å². The maximum Gasteiger partial charge on any atom is 0.488 e. The highest BCUT2D eigenvalue weighted by atomic mass is 35.5. The lowest BCUT2D eigenvalue weighted by atomic mass is 9.56. The molecule has 2 aliphatic heterocycles. The average molecular weight is 771 g/mol. The Morgan fingerprint density at radius 1 is 0.755 bits per heavy atom. The van der Waals surface area contributed by atoms with Gasteiger partial charge in [0.1, 0.15) is 11.4 Å². The number of anilines is 2. The quantitative estimate of drug-likeness (QED) is 0.0522. The van der Waals surface area contributed by atoms with Crippen molar-refractivity contribution in [3.63, 3.8) is 0 Å². The molecule has 1 saturated carbocycles. The van der Waals surface area contributed by atoms with Crippen molar-refractivity contribution >= 4 is 81.6 Å². The minimum Gasteiger partial charge on any atom is -0.507 e. The van der Waals surface area contributed by atoms with Gasteiger partial charge in [-0.25, -0.2) is 26.9 Å². The van der Waals surface area contributed by atoms with Crippen LogP contribution in [0, 0.1) is 46.8 Å². The van der Waals surface area contributed by atoms with Gasteiger partial charge in [-0.05, 0) is 41.7 Å². The van der Waals surface area contributed by atoms with E-state index < -0.39 is 111 Å². The highest BCUT2D eigenvalue weighted by molar-refractivity contribution is 6.59. The number of amides is 4. The minimum absolute atomic E-state index is 0.00188. The van der Waals surface area contributed by atoms with Crippen LogP contribution < -0.4 is 15.3 Å². The predicted molar refractivity (Wildman–Crippen MR) is 181 cm³/mol. The Bertz CT molecular complexity index is 2370. The second-order valence-electron chi connectivity index (χ2n) is 13.4. The summed E-state index contributed by atoms with van der Waals surface area (Å²) in [4.78, 5) is 52.1. The molecule has 270 valence electrons. The largest absolute Gasteiger partial charge is 0.507 e. The van der Waals surface area contributed by atoms with Gasteiger partial charge < -0.3 is 15.2 Å². The molecule has 2 heterocycles. The summed E-state index contributed by atoms with van der Waals surface area (Å²) in [7, 11) is -1.94. The number of imide groups is 2. The number of carbonyl (C=O) groups excluding carboxylic acids is 4. The molecule has 9 nitrogen and oxygen atoms in total. The van der Waals surface area contributed by atoms with Crippen LogP contribution in [0.4, 0.5) is 33.3 Å². The molecule has 0 radical (unpaired) electrons. The molecule has 3 N–H and O–H groups in total. The van der Waals surface area contributed by atoms with Gasteiger partial charge in [0.25, 0.3) is 11.8 Å². The number of phenols is 1. The smallest absolute Gasteiger partial charge is 0.488 e. The molecule has 0 aromatic heterocycles. The van der Waals surface area contributed by atoms with E-state index in [1.807, 2.05) is 0 Å². The maximum atomic E-state index is 15.3. The number of hydrogen-bond acceptors (Lipinski definition) is 7. The monoisotopic (exact) mass is 770 g/mol. The normalized spacial score (nSPS) is 28.0. The van der Waals surface area contributed by atoms with E-state index in [4.69, 9.17) is 23.2 Å². The molecule has 0 bridgehead atoms. The van der Waals surface area contributed by atoms with E-state index in [2.05, 4.69) is 0 Å². The fourth-order valence-corrected chi connectivity index (χ4v) is 9.42. The first-order valence-corrected chi connectivity index (χ1v) is 16.8. The topological polar surface area (TPSA) is 135 Å². The van der Waals surface area contributed by atoms with Crippen LogP contribution >= 0.6 is 23.2 Å². The number of benzene rings is 4. The van der Waals surface area contributed by atoms with Crippen LogP contribution in [0.15, 0.2) is 72.3 Å². The Hall–Kier alpha value is -4.83. The SMILES string of the molecule is O=C1C2CC=C3C(CC4(Cl)C(=O)N(c5c(F)c(F)c(F)c(F)c5F)C(=O)C4(Cl)C3c3ccc4ccccc4c3O)C2C(=O)N1c1cccc(B(O)O)c1. The lowest BCUT2D eigenvalue weighted by Gasteiger charge is -2.50. The number of halogens is 7. The summed E-state index contributed by atoms with van der Waals surface area (Å²) in [5, 5.41) is 31.9. The van der Waals surface area contributed by atoms with Crippen molar-refractivity contribution < 1.29 is 56.3 Å². The van der Waals surface area contributed by atoms with Crippen molar-refractivity contribution in [1.82, 2.24) is 0 Å². The van der Waals surface area contributed by atoms with Crippen LogP contribution in [0.5, 0.6) is 5.75 Å². The summed E-state index contributed by atoms with van der Waals surface area (Å²) < 4.78 is 73.7. The van der Waals surface area contributed by atoms with Crippen LogP contribution in [-0.4, -0.2) is 55.7 Å². The van der Waals surface area contributed by atoms with E-state index in [1.165, 1.54) is 42.5 Å². The third kappa shape index (κ3) is 4.51. The van der Waals surface area contributed by atoms with Gasteiger partial charge in [0.05, 0.1) is 17.5 Å². The van der Waals surface area contributed by atoms with Crippen molar-refractivity contribution in [1.29, 1.82) is 0 Å². The van der Waals surface area contributed by atoms with Crippen LogP contribution in [0.1, 0.15) is 24.3 Å². The molecular formula is C36H22BCl2F5N2O7. The van der Waals surface area contributed by atoms with Gasteiger partial charge in [-0.15, -0.1) is 23.2 Å². The molecular weight excluding hydrogens is 749 g/mol. The lowest BCUT2D eigenvalue weighted by Crippen LogP contribution is -2.60. The zero-order chi connectivity index (χ0) is 38.0. The number of alkyl halides is 2. The molecule has 53 heavy (non-hydrogen) atoms. The Morgan fingerprint density at radius 2 is 1.42 bits per heavy atom. The first kappa shape index (κ1) is 35.2. The first-order valence-electron chi connectivity index (χ1n) is 16.1. The number of carbonyl (C=O) groups is 4. The predicted octanol–water partition coefficient (Wildman–Crippen LogP) is 4.69. The van der Waals surface area contributed by atoms with E-state index in [0.717, 1.165) is 4.90 Å². The van der Waals surface area contributed by atoms with E-state index in [9.17, 15) is 47.5 Å². The fourth-order valence-electron chi connectivity index (χ4n) is 8.50. The van der Waals surface area contributed by atoms with Crippen LogP contribution in [0.3, 0.4) is 0 Å². The van der Waals surface area contributed by atoms with Crippen molar-refractivity contribution in [2.45, 2.75) is 28.5 Å². The van der Waals surface area contributed by atoms with Crippen molar-refractivity contribution in [2.75, 3.05) is 9.80 Å². The molecule has 2 saturated heterocycles. The Labute approximate surface area is 305 Å². The number of allylic oxidation sites excluding steroid dienone is 2. The highest BCUT2D eigenvalue weighted by Gasteiger charge is 2.77. The highest BCUT2D eigenvalue weighted by Crippen LogP contribution is 2.67. The Morgan fingerprint density at radius 3 is 2.09 bits per heavy atom. The van der Waals surface area contributed by atoms with Gasteiger partial charge in [-0.3, -0.25) is 24.1 Å². The fraction of sp³-hybridized carbons (Fsp3) is 0.222. The summed E-state index contributed by atoms with van der Waals surface area (Å²) >= 11 is 14.3. The summed E-state index contributed by atoms with van der Waals surface area (Å²) in [6, 6.07) is 14.7. The van der Waals surface area contributed by atoms with Crippen molar-refractivity contribution in [2.24, 2.45) is 17.8 Å². The van der Waals surface area contributed by atoms with Crippen LogP contribution in [0.2, 0.25) is 0 Å². The van der Waals surface area contributed by atoms with Gasteiger partial charge in [-0.2, -0.15) is 0 Å². The molecule has 6 atom stereocenters. The van der Waals surface area contributed by atoms with Crippen molar-refractivity contribution in [3.05, 3.63) is 107 Å². The number of aromatic hydroxyl groups is 1. The number of nitrogens with zero attached hydrogens (tertiary/aromatic N) is 2. The van der Waals surface area contributed by atoms with Gasteiger partial charge in [0.15, 0.2) is 33.0 Å². The van der Waals surface area contributed by atoms with E-state index in [1.54, 1.807) is 24.3 Å². The maximum absolute atomic E-state index is 15.3. The third-order valence-electron chi connectivity index (χ3n) is 10.9. The van der Waals surface area contributed by atoms with Gasteiger partial charge in [-0.1, -0.05) is 60.2 Å². The first-order chi connectivity index (χ1) is 25.1. The standard InChI is InChI=1S/C36H22BCl2F5N2O7/c38-35-13-21-18(10-11-19-22(21)32(49)45(31(19)48)16-6-3-5-15(12-16)37(52)53)23(20-9-8-14-4-1-2-7-17(14)30(20)47)36(35,39)34(51)46(33(35)50)29-27(43)25(41)24(40)26(42)28(29)44/h1-10,12,19,21-23,47,52-53H,11,13H2. The molecule has 17 heteroatoms. The number of phenolic OH excluding ortho intramolecular Hbond substituents is 1. The van der Waals surface area contributed by atoms with E-state index in [0.29, 0.717) is 5.39 Å². The average Bonchev–Trinajstić information content (AvgIpc) is 3.48. The third-order valence-corrected chi connectivity index (χ3v) is 12.3. The summed E-state index contributed by atoms with van der Waals surface area (Å²) in [5.41, 5.74) is -1.90.